The maximum atomic E-state index is 12.2. The van der Waals surface area contributed by atoms with Crippen LogP contribution in [0.5, 0.6) is 17.2 Å². The van der Waals surface area contributed by atoms with Crippen LogP contribution in [0.1, 0.15) is 21.5 Å². The molecule has 3 rings (SSSR count). The summed E-state index contributed by atoms with van der Waals surface area (Å²) in [6.45, 7) is 3.24. The molecular weight excluding hydrogens is 422 g/mol. The van der Waals surface area contributed by atoms with Crippen molar-refractivity contribution in [1.82, 2.24) is 16.2 Å². The molecule has 33 heavy (non-hydrogen) atoms. The minimum atomic E-state index is -0.576. The quantitative estimate of drug-likeness (QED) is 0.460. The van der Waals surface area contributed by atoms with Crippen LogP contribution < -0.4 is 25.6 Å². The van der Waals surface area contributed by atoms with Crippen LogP contribution in [0, 0.1) is 13.8 Å². The predicted molar refractivity (Wildman–Crippen MR) is 123 cm³/mol. The number of carbonyl (C=O) groups excluding carboxylic acids is 3. The first-order valence-corrected chi connectivity index (χ1v) is 10.3. The van der Waals surface area contributed by atoms with Crippen molar-refractivity contribution in [2.24, 2.45) is 0 Å². The number of para-hydroxylation sites is 1. The normalized spacial score (nSPS) is 10.1. The summed E-state index contributed by atoms with van der Waals surface area (Å²) in [6.07, 6.45) is 0. The fourth-order valence-electron chi connectivity index (χ4n) is 2.79. The minimum Gasteiger partial charge on any atom is -0.483 e. The largest absolute Gasteiger partial charge is 0.483 e. The third-order valence-corrected chi connectivity index (χ3v) is 4.55. The molecule has 8 nitrogen and oxygen atoms in total. The number of ether oxygens (including phenoxy) is 2. The summed E-state index contributed by atoms with van der Waals surface area (Å²) in [6, 6.07) is 21.5. The summed E-state index contributed by atoms with van der Waals surface area (Å²) in [4.78, 5) is 36.0. The minimum absolute atomic E-state index is 0.256. The second kappa shape index (κ2) is 11.3. The number of carbonyl (C=O) groups is 3. The number of hydrogen-bond acceptors (Lipinski definition) is 5. The highest BCUT2D eigenvalue weighted by atomic mass is 16.5. The first-order chi connectivity index (χ1) is 15.9. The van der Waals surface area contributed by atoms with Gasteiger partial charge in [0, 0.05) is 5.56 Å². The lowest BCUT2D eigenvalue weighted by Gasteiger charge is -2.11. The summed E-state index contributed by atoms with van der Waals surface area (Å²) in [5, 5.41) is 2.49. The average molecular weight is 447 g/mol. The van der Waals surface area contributed by atoms with E-state index in [4.69, 9.17) is 9.47 Å². The Labute approximate surface area is 191 Å². The molecule has 0 aliphatic carbocycles. The van der Waals surface area contributed by atoms with Crippen molar-refractivity contribution in [3.8, 4) is 17.2 Å². The summed E-state index contributed by atoms with van der Waals surface area (Å²) < 4.78 is 11.2. The van der Waals surface area contributed by atoms with Gasteiger partial charge in [-0.2, -0.15) is 0 Å². The van der Waals surface area contributed by atoms with E-state index in [2.05, 4.69) is 16.2 Å². The molecule has 3 aromatic rings. The summed E-state index contributed by atoms with van der Waals surface area (Å²) in [5.41, 5.74) is 6.77. The zero-order valence-corrected chi connectivity index (χ0v) is 18.4. The second-order valence-corrected chi connectivity index (χ2v) is 7.28. The van der Waals surface area contributed by atoms with Gasteiger partial charge in [-0.1, -0.05) is 30.3 Å². The Morgan fingerprint density at radius 1 is 0.788 bits per heavy atom. The lowest BCUT2D eigenvalue weighted by Crippen LogP contribution is -2.47. The molecule has 8 heteroatoms. The Bertz CT molecular complexity index is 1110. The van der Waals surface area contributed by atoms with Gasteiger partial charge in [-0.05, 0) is 67.4 Å². The Kier molecular flexibility index (Phi) is 8.02. The molecule has 170 valence electrons. The predicted octanol–water partition coefficient (Wildman–Crippen LogP) is 3.05. The molecule has 3 N–H and O–H groups in total. The van der Waals surface area contributed by atoms with Crippen LogP contribution in [-0.4, -0.2) is 30.9 Å². The number of rotatable bonds is 8. The molecule has 0 heterocycles. The highest BCUT2D eigenvalue weighted by molar-refractivity contribution is 5.96. The Balaban J connectivity index is 1.38. The van der Waals surface area contributed by atoms with Crippen molar-refractivity contribution in [2.75, 3.05) is 13.2 Å². The van der Waals surface area contributed by atoms with Gasteiger partial charge in [-0.15, -0.1) is 0 Å². The van der Waals surface area contributed by atoms with Gasteiger partial charge in [0.2, 0.25) is 0 Å². The fourth-order valence-corrected chi connectivity index (χ4v) is 2.79. The van der Waals surface area contributed by atoms with Crippen molar-refractivity contribution in [3.63, 3.8) is 0 Å². The maximum absolute atomic E-state index is 12.2. The standard InChI is InChI=1S/C25H25N3O5/c1-17-8-9-18(2)22(14-17)32-16-24(30)28-27-23(29)15-26-25(31)19-10-12-21(13-11-19)33-20-6-4-3-5-7-20/h3-14H,15-16H2,1-2H3,(H,26,31)(H,27,29)(H,28,30). The number of aryl methyl sites for hydroxylation is 2. The number of benzene rings is 3. The van der Waals surface area contributed by atoms with E-state index in [0.717, 1.165) is 11.1 Å². The van der Waals surface area contributed by atoms with E-state index in [1.54, 1.807) is 24.3 Å². The van der Waals surface area contributed by atoms with Crippen molar-refractivity contribution in [1.29, 1.82) is 0 Å². The third kappa shape index (κ3) is 7.39. The number of nitrogens with one attached hydrogen (secondary N) is 3. The monoisotopic (exact) mass is 447 g/mol. The molecule has 0 aromatic heterocycles. The van der Waals surface area contributed by atoms with Crippen molar-refractivity contribution < 1.29 is 23.9 Å². The molecule has 0 aliphatic rings. The van der Waals surface area contributed by atoms with E-state index < -0.39 is 17.7 Å². The van der Waals surface area contributed by atoms with Gasteiger partial charge in [0.05, 0.1) is 6.54 Å². The molecular formula is C25H25N3O5. The van der Waals surface area contributed by atoms with E-state index in [-0.39, 0.29) is 13.2 Å². The molecule has 0 atom stereocenters. The van der Waals surface area contributed by atoms with E-state index in [1.165, 1.54) is 0 Å². The fraction of sp³-hybridized carbons (Fsp3) is 0.160. The smallest absolute Gasteiger partial charge is 0.276 e. The Hall–Kier alpha value is -4.33. The van der Waals surface area contributed by atoms with Crippen molar-refractivity contribution in [2.45, 2.75) is 13.8 Å². The Morgan fingerprint density at radius 2 is 1.45 bits per heavy atom. The highest BCUT2D eigenvalue weighted by Gasteiger charge is 2.10. The van der Waals surface area contributed by atoms with Crippen LogP contribution in [0.4, 0.5) is 0 Å². The number of hydrazine groups is 1. The summed E-state index contributed by atoms with van der Waals surface area (Å²) in [5.74, 6) is 0.344. The highest BCUT2D eigenvalue weighted by Crippen LogP contribution is 2.21. The van der Waals surface area contributed by atoms with Crippen LogP contribution in [0.25, 0.3) is 0 Å². The van der Waals surface area contributed by atoms with Gasteiger partial charge < -0.3 is 14.8 Å². The molecule has 0 bridgehead atoms. The molecule has 0 aliphatic heterocycles. The molecule has 0 saturated carbocycles. The average Bonchev–Trinajstić information content (AvgIpc) is 2.83. The Morgan fingerprint density at radius 3 is 2.18 bits per heavy atom. The zero-order valence-electron chi connectivity index (χ0n) is 18.4. The second-order valence-electron chi connectivity index (χ2n) is 7.28. The van der Waals surface area contributed by atoms with Gasteiger partial charge >= 0.3 is 0 Å². The van der Waals surface area contributed by atoms with E-state index >= 15 is 0 Å². The van der Waals surface area contributed by atoms with Gasteiger partial charge in [0.15, 0.2) is 6.61 Å². The first kappa shape index (κ1) is 23.3. The van der Waals surface area contributed by atoms with Crippen LogP contribution in [0.15, 0.2) is 72.8 Å². The van der Waals surface area contributed by atoms with E-state index in [9.17, 15) is 14.4 Å². The first-order valence-electron chi connectivity index (χ1n) is 10.3. The van der Waals surface area contributed by atoms with Crippen LogP contribution >= 0.6 is 0 Å². The molecule has 0 spiro atoms. The van der Waals surface area contributed by atoms with Crippen LogP contribution in [-0.2, 0) is 9.59 Å². The topological polar surface area (TPSA) is 106 Å². The SMILES string of the molecule is Cc1ccc(C)c(OCC(=O)NNC(=O)CNC(=O)c2ccc(Oc3ccccc3)cc2)c1. The number of hydrogen-bond donors (Lipinski definition) is 3. The van der Waals surface area contributed by atoms with Gasteiger partial charge in [0.25, 0.3) is 17.7 Å². The summed E-state index contributed by atoms with van der Waals surface area (Å²) in [7, 11) is 0. The van der Waals surface area contributed by atoms with Gasteiger partial charge in [-0.3, -0.25) is 25.2 Å². The van der Waals surface area contributed by atoms with E-state index in [0.29, 0.717) is 22.8 Å². The molecule has 3 amide bonds. The molecule has 0 radical (unpaired) electrons. The lowest BCUT2D eigenvalue weighted by molar-refractivity contribution is -0.129. The van der Waals surface area contributed by atoms with Crippen LogP contribution in [0.3, 0.4) is 0 Å². The number of amides is 3. The molecule has 0 unspecified atom stereocenters. The maximum Gasteiger partial charge on any atom is 0.276 e. The van der Waals surface area contributed by atoms with E-state index in [1.807, 2.05) is 62.4 Å². The molecule has 3 aromatic carbocycles. The molecule has 0 fully saturated rings. The van der Waals surface area contributed by atoms with Gasteiger partial charge in [-0.25, -0.2) is 0 Å². The van der Waals surface area contributed by atoms with Crippen molar-refractivity contribution in [3.05, 3.63) is 89.5 Å². The van der Waals surface area contributed by atoms with Crippen molar-refractivity contribution >= 4 is 17.7 Å². The van der Waals surface area contributed by atoms with Crippen LogP contribution in [0.2, 0.25) is 0 Å². The third-order valence-electron chi connectivity index (χ3n) is 4.55. The zero-order chi connectivity index (χ0) is 23.6. The summed E-state index contributed by atoms with van der Waals surface area (Å²) >= 11 is 0. The molecule has 0 saturated heterocycles. The van der Waals surface area contributed by atoms with Gasteiger partial charge in [0.1, 0.15) is 17.2 Å². The lowest BCUT2D eigenvalue weighted by atomic mass is 10.1.